The molecular formula is C20H21NO5S. The van der Waals surface area contributed by atoms with Crippen molar-refractivity contribution in [1.82, 2.24) is 4.31 Å². The standard InChI is InChI=1S/C20H21NO5S/c1-3-25-18-9-15-8-13(2)26-19(15)10-16(18)11-21-20(22)17-7-5-4-6-14(17)12-27(21,23)24/h4-7,9-10,13H,3,8,11-12H2,1-2H3. The van der Waals surface area contributed by atoms with E-state index in [2.05, 4.69) is 0 Å². The van der Waals surface area contributed by atoms with Crippen LogP contribution in [-0.4, -0.2) is 31.3 Å². The first-order valence-corrected chi connectivity index (χ1v) is 10.6. The van der Waals surface area contributed by atoms with Crippen molar-refractivity contribution in [2.45, 2.75) is 38.7 Å². The van der Waals surface area contributed by atoms with Gasteiger partial charge in [-0.2, -0.15) is 0 Å². The molecule has 1 atom stereocenters. The van der Waals surface area contributed by atoms with Crippen LogP contribution in [0.15, 0.2) is 36.4 Å². The van der Waals surface area contributed by atoms with Gasteiger partial charge in [-0.15, -0.1) is 0 Å². The first-order chi connectivity index (χ1) is 12.9. The van der Waals surface area contributed by atoms with Crippen molar-refractivity contribution in [2.75, 3.05) is 6.61 Å². The summed E-state index contributed by atoms with van der Waals surface area (Å²) >= 11 is 0. The van der Waals surface area contributed by atoms with E-state index in [1.165, 1.54) is 0 Å². The lowest BCUT2D eigenvalue weighted by Crippen LogP contribution is -2.41. The number of fused-ring (bicyclic) bond motifs is 2. The van der Waals surface area contributed by atoms with Gasteiger partial charge in [0, 0.05) is 23.1 Å². The van der Waals surface area contributed by atoms with Gasteiger partial charge in [0.1, 0.15) is 17.6 Å². The van der Waals surface area contributed by atoms with Crippen molar-refractivity contribution < 1.29 is 22.7 Å². The largest absolute Gasteiger partial charge is 0.494 e. The van der Waals surface area contributed by atoms with Crippen molar-refractivity contribution >= 4 is 15.9 Å². The van der Waals surface area contributed by atoms with Crippen LogP contribution in [-0.2, 0) is 28.7 Å². The second-order valence-corrected chi connectivity index (χ2v) is 8.75. The zero-order valence-corrected chi connectivity index (χ0v) is 16.1. The number of nitrogens with zero attached hydrogens (tertiary/aromatic N) is 1. The summed E-state index contributed by atoms with van der Waals surface area (Å²) in [7, 11) is -3.75. The molecule has 2 aliphatic rings. The number of amides is 1. The molecule has 0 bridgehead atoms. The average Bonchev–Trinajstić information content (AvgIpc) is 2.97. The smallest absolute Gasteiger partial charge is 0.267 e. The van der Waals surface area contributed by atoms with Gasteiger partial charge in [-0.25, -0.2) is 12.7 Å². The fourth-order valence-electron chi connectivity index (χ4n) is 3.61. The molecule has 0 spiro atoms. The Balaban J connectivity index is 1.73. The van der Waals surface area contributed by atoms with Crippen LogP contribution in [0.2, 0.25) is 0 Å². The van der Waals surface area contributed by atoms with Crippen molar-refractivity contribution in [1.29, 1.82) is 0 Å². The normalized spacial score (nSPS) is 20.0. The number of hydrogen-bond acceptors (Lipinski definition) is 5. The molecule has 2 heterocycles. The molecule has 27 heavy (non-hydrogen) atoms. The fraction of sp³-hybridized carbons (Fsp3) is 0.350. The number of hydrogen-bond donors (Lipinski definition) is 0. The topological polar surface area (TPSA) is 72.9 Å². The molecule has 0 saturated heterocycles. The van der Waals surface area contributed by atoms with E-state index in [9.17, 15) is 13.2 Å². The zero-order chi connectivity index (χ0) is 19.2. The summed E-state index contributed by atoms with van der Waals surface area (Å²) in [5.74, 6) is 0.630. The minimum atomic E-state index is -3.75. The highest BCUT2D eigenvalue weighted by atomic mass is 32.2. The van der Waals surface area contributed by atoms with Crippen molar-refractivity contribution in [3.8, 4) is 11.5 Å². The highest BCUT2D eigenvalue weighted by Crippen LogP contribution is 2.37. The molecule has 0 N–H and O–H groups in total. The lowest BCUT2D eigenvalue weighted by molar-refractivity contribution is 0.0848. The molecule has 7 heteroatoms. The highest BCUT2D eigenvalue weighted by Gasteiger charge is 2.36. The van der Waals surface area contributed by atoms with E-state index in [1.807, 2.05) is 19.9 Å². The second kappa shape index (κ2) is 6.56. The summed E-state index contributed by atoms with van der Waals surface area (Å²) in [6, 6.07) is 10.5. The van der Waals surface area contributed by atoms with Crippen LogP contribution in [0.25, 0.3) is 0 Å². The van der Waals surface area contributed by atoms with Crippen LogP contribution >= 0.6 is 0 Å². The van der Waals surface area contributed by atoms with Gasteiger partial charge in [0.15, 0.2) is 0 Å². The van der Waals surface area contributed by atoms with E-state index in [1.54, 1.807) is 30.3 Å². The summed E-state index contributed by atoms with van der Waals surface area (Å²) in [4.78, 5) is 12.9. The third-order valence-electron chi connectivity index (χ3n) is 4.84. The number of carbonyl (C=O) groups excluding carboxylic acids is 1. The molecule has 6 nitrogen and oxygen atoms in total. The van der Waals surface area contributed by atoms with Gasteiger partial charge in [0.25, 0.3) is 5.91 Å². The van der Waals surface area contributed by atoms with Gasteiger partial charge in [-0.1, -0.05) is 18.2 Å². The summed E-state index contributed by atoms with van der Waals surface area (Å²) < 4.78 is 38.0. The molecule has 1 unspecified atom stereocenters. The van der Waals surface area contributed by atoms with Crippen LogP contribution in [0.3, 0.4) is 0 Å². The molecule has 2 aromatic rings. The molecule has 0 aliphatic carbocycles. The molecule has 0 radical (unpaired) electrons. The third-order valence-corrected chi connectivity index (χ3v) is 6.48. The van der Waals surface area contributed by atoms with E-state index in [-0.39, 0.29) is 18.4 Å². The lowest BCUT2D eigenvalue weighted by Gasteiger charge is -2.28. The van der Waals surface area contributed by atoms with Gasteiger partial charge in [0.05, 0.1) is 18.9 Å². The molecule has 0 aromatic heterocycles. The monoisotopic (exact) mass is 387 g/mol. The Bertz CT molecular complexity index is 1020. The molecule has 2 aromatic carbocycles. The Morgan fingerprint density at radius 2 is 2.00 bits per heavy atom. The minimum absolute atomic E-state index is 0.0666. The third kappa shape index (κ3) is 3.16. The van der Waals surface area contributed by atoms with E-state index >= 15 is 0 Å². The quantitative estimate of drug-likeness (QED) is 0.807. The molecule has 2 aliphatic heterocycles. The minimum Gasteiger partial charge on any atom is -0.494 e. The Morgan fingerprint density at radius 3 is 2.78 bits per heavy atom. The van der Waals surface area contributed by atoms with Crippen molar-refractivity contribution in [3.05, 3.63) is 58.7 Å². The second-order valence-electron chi connectivity index (χ2n) is 6.86. The SMILES string of the molecule is CCOc1cc2c(cc1CN1C(=O)c3ccccc3CS1(=O)=O)OC(C)C2. The predicted octanol–water partition coefficient (Wildman–Crippen LogP) is 2.89. The van der Waals surface area contributed by atoms with Gasteiger partial charge >= 0.3 is 0 Å². The van der Waals surface area contributed by atoms with Gasteiger partial charge < -0.3 is 9.47 Å². The van der Waals surface area contributed by atoms with Crippen LogP contribution in [0.1, 0.15) is 40.9 Å². The zero-order valence-electron chi connectivity index (χ0n) is 15.3. The molecule has 0 saturated carbocycles. The Labute approximate surface area is 158 Å². The lowest BCUT2D eigenvalue weighted by atomic mass is 10.1. The first kappa shape index (κ1) is 17.9. The Morgan fingerprint density at radius 1 is 1.22 bits per heavy atom. The van der Waals surface area contributed by atoms with Crippen LogP contribution < -0.4 is 9.47 Å². The maximum Gasteiger partial charge on any atom is 0.267 e. The Kier molecular flexibility index (Phi) is 4.34. The van der Waals surface area contributed by atoms with E-state index in [0.717, 1.165) is 22.0 Å². The van der Waals surface area contributed by atoms with E-state index in [4.69, 9.17) is 9.47 Å². The molecule has 142 valence electrons. The van der Waals surface area contributed by atoms with Crippen LogP contribution in [0.5, 0.6) is 11.5 Å². The molecule has 1 amide bonds. The predicted molar refractivity (Wildman–Crippen MR) is 100 cm³/mol. The maximum atomic E-state index is 12.9. The maximum absolute atomic E-state index is 12.9. The van der Waals surface area contributed by atoms with Crippen LogP contribution in [0.4, 0.5) is 0 Å². The van der Waals surface area contributed by atoms with Gasteiger partial charge in [-0.3, -0.25) is 4.79 Å². The van der Waals surface area contributed by atoms with E-state index < -0.39 is 15.9 Å². The summed E-state index contributed by atoms with van der Waals surface area (Å²) in [6.07, 6.45) is 0.848. The first-order valence-electron chi connectivity index (χ1n) is 8.97. The number of benzene rings is 2. The number of sulfonamides is 1. The number of rotatable bonds is 4. The van der Waals surface area contributed by atoms with Gasteiger partial charge in [0.2, 0.25) is 10.0 Å². The highest BCUT2D eigenvalue weighted by molar-refractivity contribution is 7.89. The summed E-state index contributed by atoms with van der Waals surface area (Å²) in [5, 5.41) is 0. The molecular weight excluding hydrogens is 366 g/mol. The molecule has 0 fully saturated rings. The van der Waals surface area contributed by atoms with Crippen molar-refractivity contribution in [3.63, 3.8) is 0 Å². The average molecular weight is 387 g/mol. The molecule has 4 rings (SSSR count). The fourth-order valence-corrected chi connectivity index (χ4v) is 5.10. The summed E-state index contributed by atoms with van der Waals surface area (Å²) in [6.45, 7) is 4.23. The van der Waals surface area contributed by atoms with Crippen molar-refractivity contribution in [2.24, 2.45) is 0 Å². The number of ether oxygens (including phenoxy) is 2. The number of carbonyl (C=O) groups is 1. The van der Waals surface area contributed by atoms with E-state index in [0.29, 0.717) is 29.0 Å². The van der Waals surface area contributed by atoms with Gasteiger partial charge in [-0.05, 0) is 37.6 Å². The van der Waals surface area contributed by atoms with Crippen LogP contribution in [0, 0.1) is 0 Å². The Hall–Kier alpha value is -2.54. The summed E-state index contributed by atoms with van der Waals surface area (Å²) in [5.41, 5.74) is 2.63.